The lowest BCUT2D eigenvalue weighted by Crippen LogP contribution is -2.54. The fourth-order valence-corrected chi connectivity index (χ4v) is 5.41. The Kier molecular flexibility index (Phi) is 6.54. The third-order valence-corrected chi connectivity index (χ3v) is 8.10. The number of amides is 1. The van der Waals surface area contributed by atoms with Crippen LogP contribution in [0.3, 0.4) is 0 Å². The van der Waals surface area contributed by atoms with E-state index in [-0.39, 0.29) is 11.9 Å². The number of carbonyl (C=O) groups is 1. The molecule has 0 saturated carbocycles. The molecule has 6 nitrogen and oxygen atoms in total. The molecule has 2 heterocycles. The maximum Gasteiger partial charge on any atom is 0.243 e. The van der Waals surface area contributed by atoms with Crippen molar-refractivity contribution in [2.45, 2.75) is 38.3 Å². The van der Waals surface area contributed by atoms with E-state index in [1.54, 1.807) is 23.5 Å². The van der Waals surface area contributed by atoms with Crippen molar-refractivity contribution in [3.63, 3.8) is 0 Å². The van der Waals surface area contributed by atoms with Crippen molar-refractivity contribution in [1.29, 1.82) is 0 Å². The van der Waals surface area contributed by atoms with E-state index in [1.807, 2.05) is 49.3 Å². The Morgan fingerprint density at radius 2 is 1.86 bits per heavy atom. The second-order valence-corrected chi connectivity index (χ2v) is 10.1. The number of nitrogens with zero attached hydrogens (tertiary/aromatic N) is 2. The highest BCUT2D eigenvalue weighted by atomic mass is 32.2. The van der Waals surface area contributed by atoms with Crippen LogP contribution in [0.15, 0.2) is 40.6 Å². The first-order valence-corrected chi connectivity index (χ1v) is 11.7. The van der Waals surface area contributed by atoms with Crippen molar-refractivity contribution in [2.75, 3.05) is 26.2 Å². The molecule has 0 unspecified atom stereocenters. The molecule has 1 aromatic heterocycles. The topological polar surface area (TPSA) is 69.7 Å². The molecule has 3 rings (SSSR count). The molecule has 1 atom stereocenters. The van der Waals surface area contributed by atoms with Crippen LogP contribution in [-0.4, -0.2) is 55.8 Å². The Bertz CT molecular complexity index is 918. The van der Waals surface area contributed by atoms with Gasteiger partial charge >= 0.3 is 0 Å². The van der Waals surface area contributed by atoms with E-state index < -0.39 is 10.0 Å². The number of rotatable bonds is 6. The smallest absolute Gasteiger partial charge is 0.243 e. The molecule has 2 aromatic rings. The van der Waals surface area contributed by atoms with Crippen molar-refractivity contribution < 1.29 is 13.2 Å². The predicted octanol–water partition coefficient (Wildman–Crippen LogP) is 2.38. The van der Waals surface area contributed by atoms with Crippen molar-refractivity contribution in [2.24, 2.45) is 0 Å². The highest BCUT2D eigenvalue weighted by molar-refractivity contribution is 7.89. The number of hydrogen-bond donors (Lipinski definition) is 1. The van der Waals surface area contributed by atoms with Crippen molar-refractivity contribution in [3.05, 3.63) is 51.7 Å². The molecule has 0 bridgehead atoms. The number of sulfonamides is 1. The van der Waals surface area contributed by atoms with E-state index in [4.69, 9.17) is 0 Å². The third-order valence-electron chi connectivity index (χ3n) is 5.33. The summed E-state index contributed by atoms with van der Waals surface area (Å²) in [5.41, 5.74) is 2.04. The second kappa shape index (κ2) is 8.73. The first-order valence-electron chi connectivity index (χ1n) is 9.40. The first-order chi connectivity index (χ1) is 13.3. The van der Waals surface area contributed by atoms with Crippen LogP contribution in [0.5, 0.6) is 0 Å². The SMILES string of the molecule is Cc1ccc(S(=O)(=O)N2CCN([C@H](C)C(=O)NCc3cccs3)CC2)cc1C. The molecule has 0 aliphatic carbocycles. The molecule has 1 aliphatic rings. The van der Waals surface area contributed by atoms with E-state index in [9.17, 15) is 13.2 Å². The lowest BCUT2D eigenvalue weighted by Gasteiger charge is -2.36. The van der Waals surface area contributed by atoms with Gasteiger partial charge < -0.3 is 5.32 Å². The summed E-state index contributed by atoms with van der Waals surface area (Å²) in [6.45, 7) is 8.14. The number of benzene rings is 1. The van der Waals surface area contributed by atoms with Gasteiger partial charge in [0.2, 0.25) is 15.9 Å². The average Bonchev–Trinajstić information content (AvgIpc) is 3.21. The highest BCUT2D eigenvalue weighted by Crippen LogP contribution is 2.21. The van der Waals surface area contributed by atoms with Gasteiger partial charge in [0.25, 0.3) is 0 Å². The number of thiophene rings is 1. The van der Waals surface area contributed by atoms with Crippen molar-refractivity contribution in [3.8, 4) is 0 Å². The van der Waals surface area contributed by atoms with Gasteiger partial charge in [0.15, 0.2) is 0 Å². The van der Waals surface area contributed by atoms with Gasteiger partial charge in [0.1, 0.15) is 0 Å². The molecule has 8 heteroatoms. The molecule has 1 aromatic carbocycles. The molecule has 1 saturated heterocycles. The molecule has 0 radical (unpaired) electrons. The minimum Gasteiger partial charge on any atom is -0.350 e. The molecule has 1 amide bonds. The van der Waals surface area contributed by atoms with Crippen LogP contribution in [0.1, 0.15) is 22.9 Å². The lowest BCUT2D eigenvalue weighted by atomic mass is 10.1. The number of hydrogen-bond acceptors (Lipinski definition) is 5. The maximum atomic E-state index is 12.9. The van der Waals surface area contributed by atoms with E-state index in [0.29, 0.717) is 37.6 Å². The van der Waals surface area contributed by atoms with Gasteiger partial charge in [-0.3, -0.25) is 9.69 Å². The Morgan fingerprint density at radius 1 is 1.14 bits per heavy atom. The standard InChI is InChI=1S/C20H27N3O3S2/c1-15-6-7-19(13-16(15)2)28(25,26)23-10-8-22(9-11-23)17(3)20(24)21-14-18-5-4-12-27-18/h4-7,12-13,17H,8-11,14H2,1-3H3,(H,21,24)/t17-/m1/s1. The van der Waals surface area contributed by atoms with Gasteiger partial charge in [-0.05, 0) is 55.5 Å². The van der Waals surface area contributed by atoms with Gasteiger partial charge in [-0.15, -0.1) is 11.3 Å². The van der Waals surface area contributed by atoms with Crippen molar-refractivity contribution in [1.82, 2.24) is 14.5 Å². The van der Waals surface area contributed by atoms with Crippen LogP contribution in [0.4, 0.5) is 0 Å². The number of carbonyl (C=O) groups excluding carboxylic acids is 1. The number of aryl methyl sites for hydroxylation is 2. The van der Waals surface area contributed by atoms with Gasteiger partial charge in [-0.2, -0.15) is 4.31 Å². The van der Waals surface area contributed by atoms with Crippen LogP contribution < -0.4 is 5.32 Å². The number of nitrogens with one attached hydrogen (secondary N) is 1. The fourth-order valence-electron chi connectivity index (χ4n) is 3.26. The van der Waals surface area contributed by atoms with E-state index in [1.165, 1.54) is 4.31 Å². The maximum absolute atomic E-state index is 12.9. The van der Waals surface area contributed by atoms with Crippen LogP contribution in [0, 0.1) is 13.8 Å². The zero-order valence-corrected chi connectivity index (χ0v) is 18.1. The lowest BCUT2D eigenvalue weighted by molar-refractivity contribution is -0.126. The summed E-state index contributed by atoms with van der Waals surface area (Å²) in [6, 6.07) is 8.92. The Hall–Kier alpha value is -1.74. The largest absolute Gasteiger partial charge is 0.350 e. The fraction of sp³-hybridized carbons (Fsp3) is 0.450. The highest BCUT2D eigenvalue weighted by Gasteiger charge is 2.31. The molecule has 152 valence electrons. The third kappa shape index (κ3) is 4.63. The summed E-state index contributed by atoms with van der Waals surface area (Å²) >= 11 is 1.61. The minimum absolute atomic E-state index is 0.0288. The Balaban J connectivity index is 1.57. The Morgan fingerprint density at radius 3 is 2.46 bits per heavy atom. The summed E-state index contributed by atoms with van der Waals surface area (Å²) in [7, 11) is -3.50. The van der Waals surface area contributed by atoms with E-state index in [2.05, 4.69) is 5.32 Å². The molecule has 28 heavy (non-hydrogen) atoms. The molecule has 1 fully saturated rings. The molecule has 0 spiro atoms. The van der Waals surface area contributed by atoms with Crippen LogP contribution >= 0.6 is 11.3 Å². The van der Waals surface area contributed by atoms with Gasteiger partial charge in [0, 0.05) is 31.1 Å². The first kappa shape index (κ1) is 21.0. The second-order valence-electron chi connectivity index (χ2n) is 7.16. The van der Waals surface area contributed by atoms with Gasteiger partial charge in [0.05, 0.1) is 17.5 Å². The summed E-state index contributed by atoms with van der Waals surface area (Å²) in [4.78, 5) is 15.9. The predicted molar refractivity (Wildman–Crippen MR) is 112 cm³/mol. The van der Waals surface area contributed by atoms with Crippen LogP contribution in [0.25, 0.3) is 0 Å². The van der Waals surface area contributed by atoms with Crippen LogP contribution in [0.2, 0.25) is 0 Å². The minimum atomic E-state index is -3.50. The normalized spacial score (nSPS) is 17.4. The summed E-state index contributed by atoms with van der Waals surface area (Å²) in [5, 5.41) is 4.95. The van der Waals surface area contributed by atoms with Crippen molar-refractivity contribution >= 4 is 27.3 Å². The molecular formula is C20H27N3O3S2. The summed E-state index contributed by atoms with van der Waals surface area (Å²) < 4.78 is 27.4. The zero-order valence-electron chi connectivity index (χ0n) is 16.5. The molecular weight excluding hydrogens is 394 g/mol. The van der Waals surface area contributed by atoms with E-state index >= 15 is 0 Å². The monoisotopic (exact) mass is 421 g/mol. The van der Waals surface area contributed by atoms with Gasteiger partial charge in [-0.25, -0.2) is 8.42 Å². The molecule has 1 N–H and O–H groups in total. The summed E-state index contributed by atoms with van der Waals surface area (Å²) in [6.07, 6.45) is 0. The van der Waals surface area contributed by atoms with E-state index in [0.717, 1.165) is 16.0 Å². The zero-order chi connectivity index (χ0) is 20.3. The Labute approximate surface area is 171 Å². The van der Waals surface area contributed by atoms with Crippen LogP contribution in [-0.2, 0) is 21.4 Å². The summed E-state index contributed by atoms with van der Waals surface area (Å²) in [5.74, 6) is -0.0288. The number of piperazine rings is 1. The molecule has 1 aliphatic heterocycles. The quantitative estimate of drug-likeness (QED) is 0.778. The average molecular weight is 422 g/mol. The van der Waals surface area contributed by atoms with Gasteiger partial charge in [-0.1, -0.05) is 12.1 Å².